The van der Waals surface area contributed by atoms with E-state index in [9.17, 15) is 0 Å². The molecule has 0 saturated heterocycles. The van der Waals surface area contributed by atoms with Gasteiger partial charge in [0.2, 0.25) is 0 Å². The molecule has 1 N–H and O–H groups in total. The Morgan fingerprint density at radius 3 is 2.93 bits per heavy atom. The molecule has 0 unspecified atom stereocenters. The van der Waals surface area contributed by atoms with E-state index in [1.54, 1.807) is 4.68 Å². The summed E-state index contributed by atoms with van der Waals surface area (Å²) < 4.78 is 7.04. The molecule has 14 heavy (non-hydrogen) atoms. The smallest absolute Gasteiger partial charge is 0.168 e. The lowest BCUT2D eigenvalue weighted by atomic mass is 10.4. The summed E-state index contributed by atoms with van der Waals surface area (Å²) in [5.41, 5.74) is 0. The molecule has 2 rings (SSSR count). The summed E-state index contributed by atoms with van der Waals surface area (Å²) in [6.45, 7) is 2.55. The lowest BCUT2D eigenvalue weighted by Gasteiger charge is -1.97. The number of nitrogens with zero attached hydrogens (tertiary/aromatic N) is 3. The van der Waals surface area contributed by atoms with Crippen LogP contribution in [0.5, 0.6) is 0 Å². The normalized spacial score (nSPS) is 10.4. The van der Waals surface area contributed by atoms with Gasteiger partial charge in [-0.05, 0) is 19.1 Å². The lowest BCUT2D eigenvalue weighted by Crippen LogP contribution is -1.98. The highest BCUT2D eigenvalue weighted by molar-refractivity contribution is 5.29. The Kier molecular flexibility index (Phi) is 2.22. The monoisotopic (exact) mass is 192 g/mol. The minimum absolute atomic E-state index is 0.631. The maximum Gasteiger partial charge on any atom is 0.168 e. The van der Waals surface area contributed by atoms with E-state index in [1.807, 2.05) is 32.3 Å². The van der Waals surface area contributed by atoms with Crippen LogP contribution in [0.15, 0.2) is 22.7 Å². The molecule has 0 aliphatic carbocycles. The summed E-state index contributed by atoms with van der Waals surface area (Å²) in [7, 11) is 1.83. The minimum atomic E-state index is 0.631. The average molecular weight is 192 g/mol. The molecular weight excluding hydrogens is 180 g/mol. The molecule has 0 atom stereocenters. The second-order valence-corrected chi connectivity index (χ2v) is 3.14. The molecule has 2 aromatic rings. The van der Waals surface area contributed by atoms with Crippen LogP contribution in [0.2, 0.25) is 0 Å². The summed E-state index contributed by atoms with van der Waals surface area (Å²) in [5.74, 6) is 2.57. The van der Waals surface area contributed by atoms with E-state index in [-0.39, 0.29) is 0 Å². The maximum atomic E-state index is 5.39. The fraction of sp³-hybridized carbons (Fsp3) is 0.333. The first kappa shape index (κ1) is 8.80. The Morgan fingerprint density at radius 1 is 1.50 bits per heavy atom. The van der Waals surface area contributed by atoms with Crippen LogP contribution in [0.3, 0.4) is 0 Å². The third kappa shape index (κ3) is 1.93. The Bertz CT molecular complexity index is 378. The van der Waals surface area contributed by atoms with Gasteiger partial charge < -0.3 is 9.73 Å². The van der Waals surface area contributed by atoms with Crippen LogP contribution in [-0.2, 0) is 13.6 Å². The Labute approximate surface area is 81.7 Å². The molecule has 0 saturated carbocycles. The second kappa shape index (κ2) is 3.53. The number of hydrogen-bond donors (Lipinski definition) is 1. The summed E-state index contributed by atoms with van der Waals surface area (Å²) in [4.78, 5) is 0. The summed E-state index contributed by atoms with van der Waals surface area (Å²) in [5, 5.41) is 10.8. The lowest BCUT2D eigenvalue weighted by molar-refractivity contribution is 0.490. The predicted octanol–water partition coefficient (Wildman–Crippen LogP) is 1.33. The van der Waals surface area contributed by atoms with Gasteiger partial charge in [0, 0.05) is 7.05 Å². The first-order valence-electron chi connectivity index (χ1n) is 4.39. The zero-order valence-corrected chi connectivity index (χ0v) is 8.19. The molecule has 0 aliphatic heterocycles. The van der Waals surface area contributed by atoms with Gasteiger partial charge in [0.25, 0.3) is 0 Å². The van der Waals surface area contributed by atoms with Crippen molar-refractivity contribution in [2.75, 3.05) is 5.32 Å². The van der Waals surface area contributed by atoms with Crippen molar-refractivity contribution in [3.05, 3.63) is 29.9 Å². The Morgan fingerprint density at radius 2 is 2.36 bits per heavy atom. The van der Waals surface area contributed by atoms with Crippen LogP contribution in [0, 0.1) is 6.92 Å². The number of furan rings is 1. The molecule has 0 bridgehead atoms. The minimum Gasteiger partial charge on any atom is -0.465 e. The van der Waals surface area contributed by atoms with Crippen LogP contribution in [0.4, 0.5) is 5.82 Å². The molecule has 0 radical (unpaired) electrons. The van der Waals surface area contributed by atoms with E-state index in [2.05, 4.69) is 15.6 Å². The van der Waals surface area contributed by atoms with Crippen LogP contribution >= 0.6 is 0 Å². The Balaban J connectivity index is 1.94. The molecule has 0 aromatic carbocycles. The molecule has 0 aliphatic rings. The fourth-order valence-electron chi connectivity index (χ4n) is 1.19. The number of aromatic nitrogens is 3. The van der Waals surface area contributed by atoms with Gasteiger partial charge in [-0.1, -0.05) is 5.21 Å². The van der Waals surface area contributed by atoms with Gasteiger partial charge >= 0.3 is 0 Å². The molecule has 5 heteroatoms. The van der Waals surface area contributed by atoms with E-state index < -0.39 is 0 Å². The fourth-order valence-corrected chi connectivity index (χ4v) is 1.19. The SMILES string of the molecule is Cc1ccc(CNc2cn(C)nn2)o1. The van der Waals surface area contributed by atoms with Crippen molar-refractivity contribution in [3.8, 4) is 0 Å². The van der Waals surface area contributed by atoms with E-state index in [4.69, 9.17) is 4.42 Å². The average Bonchev–Trinajstić information content (AvgIpc) is 2.72. The van der Waals surface area contributed by atoms with Gasteiger partial charge in [-0.2, -0.15) is 0 Å². The molecule has 2 aromatic heterocycles. The van der Waals surface area contributed by atoms with Crippen LogP contribution in [0.1, 0.15) is 11.5 Å². The summed E-state index contributed by atoms with van der Waals surface area (Å²) >= 11 is 0. The standard InChI is InChI=1S/C9H12N4O/c1-7-3-4-8(14-7)5-10-9-6-13(2)12-11-9/h3-4,6,10H,5H2,1-2H3. The number of rotatable bonds is 3. The number of aryl methyl sites for hydroxylation is 2. The van der Waals surface area contributed by atoms with Gasteiger partial charge in [0.1, 0.15) is 11.5 Å². The van der Waals surface area contributed by atoms with Gasteiger partial charge in [0.05, 0.1) is 12.7 Å². The largest absolute Gasteiger partial charge is 0.465 e. The third-order valence-corrected chi connectivity index (χ3v) is 1.84. The number of nitrogens with one attached hydrogen (secondary N) is 1. The first-order chi connectivity index (χ1) is 6.74. The van der Waals surface area contributed by atoms with Crippen LogP contribution < -0.4 is 5.32 Å². The zero-order valence-electron chi connectivity index (χ0n) is 8.19. The van der Waals surface area contributed by atoms with Crippen molar-refractivity contribution in [2.24, 2.45) is 7.05 Å². The van der Waals surface area contributed by atoms with Crippen molar-refractivity contribution in [1.82, 2.24) is 15.0 Å². The van der Waals surface area contributed by atoms with Gasteiger partial charge in [-0.15, -0.1) is 5.10 Å². The quantitative estimate of drug-likeness (QED) is 0.797. The molecule has 0 fully saturated rings. The molecule has 2 heterocycles. The molecule has 5 nitrogen and oxygen atoms in total. The topological polar surface area (TPSA) is 55.9 Å². The van der Waals surface area contributed by atoms with E-state index >= 15 is 0 Å². The predicted molar refractivity (Wildman–Crippen MR) is 51.8 cm³/mol. The molecular formula is C9H12N4O. The number of hydrogen-bond acceptors (Lipinski definition) is 4. The molecule has 0 amide bonds. The van der Waals surface area contributed by atoms with Crippen molar-refractivity contribution in [1.29, 1.82) is 0 Å². The van der Waals surface area contributed by atoms with Crippen LogP contribution in [-0.4, -0.2) is 15.0 Å². The third-order valence-electron chi connectivity index (χ3n) is 1.84. The highest BCUT2D eigenvalue weighted by Crippen LogP contribution is 2.08. The molecule has 0 spiro atoms. The van der Waals surface area contributed by atoms with Gasteiger partial charge in [-0.25, -0.2) is 0 Å². The maximum absolute atomic E-state index is 5.39. The summed E-state index contributed by atoms with van der Waals surface area (Å²) in [6.07, 6.45) is 1.82. The van der Waals surface area contributed by atoms with E-state index in [0.717, 1.165) is 17.3 Å². The zero-order chi connectivity index (χ0) is 9.97. The van der Waals surface area contributed by atoms with Crippen LogP contribution in [0.25, 0.3) is 0 Å². The van der Waals surface area contributed by atoms with Crippen molar-refractivity contribution < 1.29 is 4.42 Å². The highest BCUT2D eigenvalue weighted by atomic mass is 16.3. The number of anilines is 1. The first-order valence-corrected chi connectivity index (χ1v) is 4.39. The van der Waals surface area contributed by atoms with Gasteiger partial charge in [0.15, 0.2) is 5.82 Å². The van der Waals surface area contributed by atoms with Gasteiger partial charge in [-0.3, -0.25) is 4.68 Å². The van der Waals surface area contributed by atoms with Crippen molar-refractivity contribution in [3.63, 3.8) is 0 Å². The van der Waals surface area contributed by atoms with Crippen molar-refractivity contribution >= 4 is 5.82 Å². The highest BCUT2D eigenvalue weighted by Gasteiger charge is 2.00. The van der Waals surface area contributed by atoms with E-state index in [1.165, 1.54) is 0 Å². The summed E-state index contributed by atoms with van der Waals surface area (Å²) in [6, 6.07) is 3.88. The Hall–Kier alpha value is -1.78. The van der Waals surface area contributed by atoms with Crippen molar-refractivity contribution in [2.45, 2.75) is 13.5 Å². The second-order valence-electron chi connectivity index (χ2n) is 3.14. The van der Waals surface area contributed by atoms with E-state index in [0.29, 0.717) is 6.54 Å². The molecule has 74 valence electrons.